The second-order valence-electron chi connectivity index (χ2n) is 2.47. The molecule has 0 fully saturated rings. The highest BCUT2D eigenvalue weighted by atomic mass is 16.5. The number of hydrogen-bond acceptors (Lipinski definition) is 1. The van der Waals surface area contributed by atoms with Crippen LogP contribution in [-0.2, 0) is 4.74 Å². The maximum atomic E-state index is 5.17. The van der Waals surface area contributed by atoms with Gasteiger partial charge in [-0.1, -0.05) is 56.3 Å². The second kappa shape index (κ2) is 10.0. The lowest BCUT2D eigenvalue weighted by molar-refractivity contribution is 0.178. The van der Waals surface area contributed by atoms with E-state index in [0.717, 1.165) is 6.61 Å². The van der Waals surface area contributed by atoms with E-state index in [1.165, 1.54) is 5.56 Å². The molecule has 0 bridgehead atoms. The lowest BCUT2D eigenvalue weighted by Crippen LogP contribution is -1.87. The zero-order valence-electron chi connectivity index (χ0n) is 9.36. The van der Waals surface area contributed by atoms with Crippen LogP contribution in [0, 0.1) is 0 Å². The molecular formula is C13H20O. The van der Waals surface area contributed by atoms with Crippen LogP contribution in [0.15, 0.2) is 36.4 Å². The predicted molar refractivity (Wildman–Crippen MR) is 63.3 cm³/mol. The molecular weight excluding hydrogens is 172 g/mol. The van der Waals surface area contributed by atoms with Crippen LogP contribution in [0.4, 0.5) is 0 Å². The first kappa shape index (κ1) is 12.9. The molecule has 0 aliphatic rings. The molecule has 1 aromatic carbocycles. The third-order valence-corrected chi connectivity index (χ3v) is 1.53. The van der Waals surface area contributed by atoms with E-state index in [9.17, 15) is 0 Å². The van der Waals surface area contributed by atoms with E-state index in [4.69, 9.17) is 4.74 Å². The minimum absolute atomic E-state index is 0.700. The number of ether oxygens (including phenoxy) is 1. The van der Waals surface area contributed by atoms with Crippen molar-refractivity contribution in [2.75, 3.05) is 13.2 Å². The lowest BCUT2D eigenvalue weighted by atomic mass is 10.2. The molecule has 1 nitrogen and oxygen atoms in total. The second-order valence-corrected chi connectivity index (χ2v) is 2.47. The Morgan fingerprint density at radius 1 is 1.14 bits per heavy atom. The van der Waals surface area contributed by atoms with E-state index in [-0.39, 0.29) is 0 Å². The summed E-state index contributed by atoms with van der Waals surface area (Å²) < 4.78 is 5.17. The number of rotatable bonds is 4. The fourth-order valence-electron chi connectivity index (χ4n) is 0.934. The summed E-state index contributed by atoms with van der Waals surface area (Å²) in [4.78, 5) is 0. The molecule has 0 heterocycles. The van der Waals surface area contributed by atoms with Gasteiger partial charge in [0.2, 0.25) is 0 Å². The highest BCUT2D eigenvalue weighted by Gasteiger charge is 1.81. The Morgan fingerprint density at radius 3 is 2.36 bits per heavy atom. The van der Waals surface area contributed by atoms with Crippen LogP contribution in [0.5, 0.6) is 0 Å². The van der Waals surface area contributed by atoms with Crippen molar-refractivity contribution in [1.29, 1.82) is 0 Å². The molecule has 0 atom stereocenters. The highest BCUT2D eigenvalue weighted by molar-refractivity contribution is 5.48. The minimum atomic E-state index is 0.700. The van der Waals surface area contributed by atoms with Gasteiger partial charge < -0.3 is 4.74 Å². The van der Waals surface area contributed by atoms with Crippen molar-refractivity contribution in [2.45, 2.75) is 20.8 Å². The van der Waals surface area contributed by atoms with Crippen molar-refractivity contribution < 1.29 is 4.74 Å². The van der Waals surface area contributed by atoms with Gasteiger partial charge in [-0.05, 0) is 12.5 Å². The fraction of sp³-hybridized carbons (Fsp3) is 0.385. The summed E-state index contributed by atoms with van der Waals surface area (Å²) in [6.45, 7) is 7.47. The number of hydrogen-bond donors (Lipinski definition) is 0. The van der Waals surface area contributed by atoms with Crippen molar-refractivity contribution in [3.63, 3.8) is 0 Å². The minimum Gasteiger partial charge on any atom is -0.378 e. The monoisotopic (exact) mass is 192 g/mol. The molecule has 0 unspecified atom stereocenters. The van der Waals surface area contributed by atoms with Gasteiger partial charge in [0.05, 0.1) is 6.61 Å². The summed E-state index contributed by atoms with van der Waals surface area (Å²) in [6.07, 6.45) is 4.09. The van der Waals surface area contributed by atoms with Crippen molar-refractivity contribution >= 4 is 6.08 Å². The van der Waals surface area contributed by atoms with Gasteiger partial charge in [0.25, 0.3) is 0 Å². The van der Waals surface area contributed by atoms with E-state index in [2.05, 4.69) is 18.2 Å². The van der Waals surface area contributed by atoms with Gasteiger partial charge in [-0.15, -0.1) is 0 Å². The first-order valence-electron chi connectivity index (χ1n) is 5.23. The summed E-state index contributed by atoms with van der Waals surface area (Å²) >= 11 is 0. The standard InChI is InChI=1S/C11H14O.C2H6/c1-2-12-10-6-9-11-7-4-3-5-8-11;1-2/h3-9H,2,10H2,1H3;1-2H3/b9-6+;. The van der Waals surface area contributed by atoms with E-state index >= 15 is 0 Å². The molecule has 0 amide bonds. The molecule has 0 radical (unpaired) electrons. The van der Waals surface area contributed by atoms with Gasteiger partial charge in [0.15, 0.2) is 0 Å². The third kappa shape index (κ3) is 6.44. The van der Waals surface area contributed by atoms with Gasteiger partial charge in [-0.25, -0.2) is 0 Å². The van der Waals surface area contributed by atoms with Crippen LogP contribution < -0.4 is 0 Å². The molecule has 0 aliphatic carbocycles. The summed E-state index contributed by atoms with van der Waals surface area (Å²) in [5.74, 6) is 0. The average Bonchev–Trinajstić information content (AvgIpc) is 2.29. The van der Waals surface area contributed by atoms with Crippen molar-refractivity contribution in [1.82, 2.24) is 0 Å². The molecule has 1 heteroatoms. The smallest absolute Gasteiger partial charge is 0.0650 e. The van der Waals surface area contributed by atoms with Crippen LogP contribution >= 0.6 is 0 Å². The van der Waals surface area contributed by atoms with Gasteiger partial charge in [0, 0.05) is 6.61 Å². The molecule has 1 rings (SSSR count). The molecule has 0 N–H and O–H groups in total. The van der Waals surface area contributed by atoms with Gasteiger partial charge in [-0.2, -0.15) is 0 Å². The third-order valence-electron chi connectivity index (χ3n) is 1.53. The molecule has 0 aromatic heterocycles. The first-order chi connectivity index (χ1) is 6.93. The zero-order chi connectivity index (χ0) is 10.6. The van der Waals surface area contributed by atoms with Crippen LogP contribution in [0.25, 0.3) is 6.08 Å². The Labute approximate surface area is 87.4 Å². The zero-order valence-corrected chi connectivity index (χ0v) is 9.36. The van der Waals surface area contributed by atoms with Crippen molar-refractivity contribution in [3.8, 4) is 0 Å². The van der Waals surface area contributed by atoms with Gasteiger partial charge in [-0.3, -0.25) is 0 Å². The summed E-state index contributed by atoms with van der Waals surface area (Å²) in [7, 11) is 0. The van der Waals surface area contributed by atoms with Gasteiger partial charge in [0.1, 0.15) is 0 Å². The first-order valence-corrected chi connectivity index (χ1v) is 5.23. The molecule has 0 saturated heterocycles. The SMILES string of the molecule is CC.CCOC/C=C/c1ccccc1. The molecule has 78 valence electrons. The molecule has 0 saturated carbocycles. The largest absolute Gasteiger partial charge is 0.378 e. The summed E-state index contributed by atoms with van der Waals surface area (Å²) in [5, 5.41) is 0. The Bertz CT molecular complexity index is 226. The normalized spacial score (nSPS) is 9.64. The van der Waals surface area contributed by atoms with Crippen LogP contribution in [0.1, 0.15) is 26.3 Å². The molecule has 0 spiro atoms. The topological polar surface area (TPSA) is 9.23 Å². The Morgan fingerprint density at radius 2 is 1.79 bits per heavy atom. The summed E-state index contributed by atoms with van der Waals surface area (Å²) in [5.41, 5.74) is 1.22. The quantitative estimate of drug-likeness (QED) is 0.660. The van der Waals surface area contributed by atoms with E-state index in [1.54, 1.807) is 0 Å². The Hall–Kier alpha value is -1.08. The van der Waals surface area contributed by atoms with E-state index in [0.29, 0.717) is 6.61 Å². The number of benzene rings is 1. The van der Waals surface area contributed by atoms with Crippen molar-refractivity contribution in [3.05, 3.63) is 42.0 Å². The maximum Gasteiger partial charge on any atom is 0.0650 e. The van der Waals surface area contributed by atoms with Gasteiger partial charge >= 0.3 is 0 Å². The van der Waals surface area contributed by atoms with Crippen LogP contribution in [0.3, 0.4) is 0 Å². The van der Waals surface area contributed by atoms with Crippen molar-refractivity contribution in [2.24, 2.45) is 0 Å². The highest BCUT2D eigenvalue weighted by Crippen LogP contribution is 2.00. The lowest BCUT2D eigenvalue weighted by Gasteiger charge is -1.93. The molecule has 0 aliphatic heterocycles. The summed E-state index contributed by atoms with van der Waals surface area (Å²) in [6, 6.07) is 10.2. The van der Waals surface area contributed by atoms with Crippen LogP contribution in [-0.4, -0.2) is 13.2 Å². The predicted octanol–water partition coefficient (Wildman–Crippen LogP) is 3.76. The molecule has 1 aromatic rings. The Kier molecular flexibility index (Phi) is 9.23. The molecule has 14 heavy (non-hydrogen) atoms. The van der Waals surface area contributed by atoms with E-state index in [1.807, 2.05) is 45.0 Å². The average molecular weight is 192 g/mol. The van der Waals surface area contributed by atoms with E-state index < -0.39 is 0 Å². The maximum absolute atomic E-state index is 5.17. The Balaban J connectivity index is 0.000000791. The van der Waals surface area contributed by atoms with Crippen LogP contribution in [0.2, 0.25) is 0 Å². The fourth-order valence-corrected chi connectivity index (χ4v) is 0.934.